The number of fused-ring (bicyclic) bond motifs is 1. The Hall–Kier alpha value is -3.53. The number of benzene rings is 1. The summed E-state index contributed by atoms with van der Waals surface area (Å²) in [6.07, 6.45) is 0. The molecule has 0 saturated heterocycles. The van der Waals surface area contributed by atoms with E-state index in [1.54, 1.807) is 24.3 Å². The van der Waals surface area contributed by atoms with Gasteiger partial charge < -0.3 is 19.3 Å². The van der Waals surface area contributed by atoms with Gasteiger partial charge in [-0.05, 0) is 45.0 Å². The lowest BCUT2D eigenvalue weighted by Crippen LogP contribution is -2.13. The number of halogens is 2. The van der Waals surface area contributed by atoms with Crippen LogP contribution in [0.1, 0.15) is 25.8 Å². The Morgan fingerprint density at radius 2 is 1.94 bits per heavy atom. The number of ether oxygens (including phenoxy) is 2. The number of methoxy groups -OCH3 is 1. The normalized spacial score (nSPS) is 11.2. The fraction of sp³-hybridized carbons (Fsp3) is 0.227. The summed E-state index contributed by atoms with van der Waals surface area (Å²) in [5.41, 5.74) is 2.80. The largest absolute Gasteiger partial charge is 0.493 e. The van der Waals surface area contributed by atoms with Gasteiger partial charge in [0.2, 0.25) is 0 Å². The molecule has 0 saturated carbocycles. The number of thiophene rings is 1. The van der Waals surface area contributed by atoms with Gasteiger partial charge in [-0.2, -0.15) is 8.78 Å². The zero-order valence-corrected chi connectivity index (χ0v) is 18.5. The maximum Gasteiger partial charge on any atom is 0.387 e. The third-order valence-electron chi connectivity index (χ3n) is 4.82. The molecule has 0 radical (unpaired) electrons. The summed E-state index contributed by atoms with van der Waals surface area (Å²) in [7, 11) is 1.34. The maximum absolute atomic E-state index is 13.2. The molecule has 4 rings (SSSR count). The number of anilines is 1. The van der Waals surface area contributed by atoms with Crippen LogP contribution in [-0.4, -0.2) is 29.8 Å². The fourth-order valence-corrected chi connectivity index (χ4v) is 4.37. The first-order valence-electron chi connectivity index (χ1n) is 9.55. The van der Waals surface area contributed by atoms with Crippen LogP contribution < -0.4 is 14.8 Å². The van der Waals surface area contributed by atoms with Gasteiger partial charge in [-0.25, -0.2) is 4.98 Å². The molecule has 10 heteroatoms. The lowest BCUT2D eigenvalue weighted by Gasteiger charge is -2.13. The monoisotopic (exact) mass is 459 g/mol. The number of aromatic nitrogens is 2. The lowest BCUT2D eigenvalue weighted by atomic mass is 10.1. The molecule has 1 amide bonds. The van der Waals surface area contributed by atoms with E-state index in [2.05, 4.69) is 20.2 Å². The Kier molecular flexibility index (Phi) is 5.79. The van der Waals surface area contributed by atoms with Crippen molar-refractivity contribution in [2.24, 2.45) is 0 Å². The van der Waals surface area contributed by atoms with Crippen LogP contribution in [0.4, 0.5) is 14.5 Å². The predicted molar refractivity (Wildman–Crippen MR) is 117 cm³/mol. The third-order valence-corrected chi connectivity index (χ3v) is 5.78. The van der Waals surface area contributed by atoms with E-state index in [0.717, 1.165) is 15.3 Å². The molecular formula is C22H19F2N3O4S. The van der Waals surface area contributed by atoms with E-state index in [1.807, 2.05) is 19.9 Å². The number of carbonyl (C=O) groups is 1. The van der Waals surface area contributed by atoms with Crippen LogP contribution in [-0.2, 0) is 0 Å². The van der Waals surface area contributed by atoms with E-state index in [9.17, 15) is 13.6 Å². The number of rotatable bonds is 6. The van der Waals surface area contributed by atoms with Crippen LogP contribution in [0.5, 0.6) is 11.5 Å². The second-order valence-corrected chi connectivity index (χ2v) is 8.49. The minimum atomic E-state index is -3.03. The van der Waals surface area contributed by atoms with Crippen molar-refractivity contribution >= 4 is 34.0 Å². The molecule has 0 bridgehead atoms. The fourth-order valence-electron chi connectivity index (χ4n) is 3.44. The zero-order chi connectivity index (χ0) is 23.0. The molecule has 0 spiro atoms. The second kappa shape index (κ2) is 8.54. The molecule has 4 aromatic rings. The number of nitrogens with one attached hydrogen (secondary N) is 1. The van der Waals surface area contributed by atoms with Crippen molar-refractivity contribution < 1.29 is 27.6 Å². The summed E-state index contributed by atoms with van der Waals surface area (Å²) in [4.78, 5) is 19.9. The van der Waals surface area contributed by atoms with Gasteiger partial charge in [-0.1, -0.05) is 5.16 Å². The standard InChI is InChI=1S/C22H19F2N3O4S/c1-10-7-14(12(3)32-10)16-9-15(19-11(2)27-31-21(19)26-16)20(28)25-13-5-6-17(29-4)18(8-13)30-22(23)24/h5-9,22H,1-4H3,(H,25,28). The average Bonchev–Trinajstić information content (AvgIpc) is 3.28. The van der Waals surface area contributed by atoms with Crippen molar-refractivity contribution in [3.8, 4) is 22.8 Å². The number of alkyl halides is 2. The molecule has 3 aromatic heterocycles. The highest BCUT2D eigenvalue weighted by atomic mass is 32.1. The number of pyridine rings is 1. The molecule has 0 atom stereocenters. The smallest absolute Gasteiger partial charge is 0.387 e. The van der Waals surface area contributed by atoms with Gasteiger partial charge in [0.25, 0.3) is 11.6 Å². The van der Waals surface area contributed by atoms with E-state index in [0.29, 0.717) is 22.3 Å². The van der Waals surface area contributed by atoms with Crippen molar-refractivity contribution in [3.05, 3.63) is 51.3 Å². The minimum Gasteiger partial charge on any atom is -0.493 e. The topological polar surface area (TPSA) is 86.5 Å². The highest BCUT2D eigenvalue weighted by Crippen LogP contribution is 2.34. The third kappa shape index (κ3) is 4.13. The first-order valence-corrected chi connectivity index (χ1v) is 10.4. The number of amides is 1. The number of carbonyl (C=O) groups excluding carboxylic acids is 1. The van der Waals surface area contributed by atoms with Crippen molar-refractivity contribution in [2.45, 2.75) is 27.4 Å². The number of hydrogen-bond acceptors (Lipinski definition) is 7. The van der Waals surface area contributed by atoms with E-state index in [1.165, 1.54) is 25.3 Å². The summed E-state index contributed by atoms with van der Waals surface area (Å²) in [5, 5.41) is 7.14. The van der Waals surface area contributed by atoms with Gasteiger partial charge in [-0.3, -0.25) is 4.79 Å². The van der Waals surface area contributed by atoms with Crippen LogP contribution in [0.3, 0.4) is 0 Å². The van der Waals surface area contributed by atoms with E-state index >= 15 is 0 Å². The van der Waals surface area contributed by atoms with Gasteiger partial charge in [0.1, 0.15) is 0 Å². The van der Waals surface area contributed by atoms with Crippen LogP contribution in [0, 0.1) is 20.8 Å². The number of nitrogens with zero attached hydrogens (tertiary/aromatic N) is 2. The number of aryl methyl sites for hydroxylation is 3. The van der Waals surface area contributed by atoms with Gasteiger partial charge in [-0.15, -0.1) is 11.3 Å². The summed E-state index contributed by atoms with van der Waals surface area (Å²) in [5.74, 6) is -0.538. The van der Waals surface area contributed by atoms with E-state index < -0.39 is 12.5 Å². The van der Waals surface area contributed by atoms with Crippen molar-refractivity contribution in [1.82, 2.24) is 10.1 Å². The van der Waals surface area contributed by atoms with Gasteiger partial charge >= 0.3 is 6.61 Å². The Morgan fingerprint density at radius 1 is 1.16 bits per heavy atom. The van der Waals surface area contributed by atoms with Crippen LogP contribution in [0.25, 0.3) is 22.4 Å². The maximum atomic E-state index is 13.2. The molecule has 3 heterocycles. The molecule has 0 aliphatic carbocycles. The molecule has 7 nitrogen and oxygen atoms in total. The summed E-state index contributed by atoms with van der Waals surface area (Å²) < 4.78 is 40.3. The van der Waals surface area contributed by atoms with Crippen molar-refractivity contribution in [2.75, 3.05) is 12.4 Å². The molecular weight excluding hydrogens is 440 g/mol. The highest BCUT2D eigenvalue weighted by molar-refractivity contribution is 7.12. The second-order valence-electron chi connectivity index (χ2n) is 7.03. The first-order chi connectivity index (χ1) is 15.3. The summed E-state index contributed by atoms with van der Waals surface area (Å²) in [6, 6.07) is 7.91. The Balaban J connectivity index is 1.75. The Bertz CT molecular complexity index is 1320. The van der Waals surface area contributed by atoms with Gasteiger partial charge in [0.15, 0.2) is 11.5 Å². The molecule has 0 aliphatic rings. The molecule has 0 fully saturated rings. The molecule has 1 N–H and O–H groups in total. The van der Waals surface area contributed by atoms with Crippen LogP contribution >= 0.6 is 11.3 Å². The van der Waals surface area contributed by atoms with Gasteiger partial charge in [0.05, 0.1) is 29.4 Å². The lowest BCUT2D eigenvalue weighted by molar-refractivity contribution is -0.0511. The first kappa shape index (κ1) is 21.7. The molecule has 32 heavy (non-hydrogen) atoms. The Morgan fingerprint density at radius 3 is 2.59 bits per heavy atom. The molecule has 0 unspecified atom stereocenters. The molecule has 1 aromatic carbocycles. The molecule has 166 valence electrons. The molecule has 0 aliphatic heterocycles. The van der Waals surface area contributed by atoms with Crippen molar-refractivity contribution in [3.63, 3.8) is 0 Å². The quantitative estimate of drug-likeness (QED) is 0.396. The van der Waals surface area contributed by atoms with Crippen molar-refractivity contribution in [1.29, 1.82) is 0 Å². The van der Waals surface area contributed by atoms with Crippen LogP contribution in [0.15, 0.2) is 34.9 Å². The van der Waals surface area contributed by atoms with E-state index in [4.69, 9.17) is 9.26 Å². The number of hydrogen-bond donors (Lipinski definition) is 1. The zero-order valence-electron chi connectivity index (χ0n) is 17.7. The average molecular weight is 459 g/mol. The Labute approximate surface area is 186 Å². The predicted octanol–water partition coefficient (Wildman–Crippen LogP) is 5.74. The summed E-state index contributed by atoms with van der Waals surface area (Å²) in [6.45, 7) is 2.65. The van der Waals surface area contributed by atoms with E-state index in [-0.39, 0.29) is 22.9 Å². The SMILES string of the molecule is COc1ccc(NC(=O)c2cc(-c3cc(C)sc3C)nc3onc(C)c23)cc1OC(F)F. The van der Waals surface area contributed by atoms with Crippen LogP contribution in [0.2, 0.25) is 0 Å². The highest BCUT2D eigenvalue weighted by Gasteiger charge is 2.21. The van der Waals surface area contributed by atoms with Gasteiger partial charge in [0, 0.05) is 27.1 Å². The minimum absolute atomic E-state index is 0.120. The summed E-state index contributed by atoms with van der Waals surface area (Å²) >= 11 is 1.63.